The second-order valence-electron chi connectivity index (χ2n) is 4.88. The standard InChI is InChI=1S/C16H19P.H2O/c1-11-5-12(2)8-15(7-11)17-16-9-13(3)6-14(4)10-16;/h5-10,17H,1-4H3;1H2. The molecular formula is C16H21OP. The van der Waals surface area contributed by atoms with Gasteiger partial charge in [0.1, 0.15) is 0 Å². The summed E-state index contributed by atoms with van der Waals surface area (Å²) in [6.07, 6.45) is 0. The van der Waals surface area contributed by atoms with Gasteiger partial charge >= 0.3 is 0 Å². The predicted octanol–water partition coefficient (Wildman–Crippen LogP) is 2.72. The minimum Gasteiger partial charge on any atom is -0.412 e. The maximum atomic E-state index is 2.29. The Labute approximate surface area is 111 Å². The van der Waals surface area contributed by atoms with Gasteiger partial charge in [-0.25, -0.2) is 0 Å². The number of aryl methyl sites for hydroxylation is 4. The van der Waals surface area contributed by atoms with E-state index in [-0.39, 0.29) is 5.48 Å². The molecule has 0 saturated heterocycles. The summed E-state index contributed by atoms with van der Waals surface area (Å²) in [5.41, 5.74) is 5.43. The van der Waals surface area contributed by atoms with Crippen molar-refractivity contribution < 1.29 is 5.48 Å². The van der Waals surface area contributed by atoms with Gasteiger partial charge in [-0.3, -0.25) is 0 Å². The molecule has 96 valence electrons. The van der Waals surface area contributed by atoms with Crippen molar-refractivity contribution in [2.75, 3.05) is 0 Å². The lowest BCUT2D eigenvalue weighted by molar-refractivity contribution is 0.824. The van der Waals surface area contributed by atoms with Crippen LogP contribution in [0.2, 0.25) is 0 Å². The molecule has 0 fully saturated rings. The van der Waals surface area contributed by atoms with E-state index in [0.717, 1.165) is 8.58 Å². The number of hydrogen-bond donors (Lipinski definition) is 0. The van der Waals surface area contributed by atoms with E-state index in [1.54, 1.807) is 0 Å². The molecule has 0 amide bonds. The van der Waals surface area contributed by atoms with Crippen molar-refractivity contribution in [3.63, 3.8) is 0 Å². The molecule has 0 unspecified atom stereocenters. The fourth-order valence-corrected chi connectivity index (χ4v) is 3.79. The third kappa shape index (κ3) is 3.94. The van der Waals surface area contributed by atoms with E-state index in [2.05, 4.69) is 64.1 Å². The first-order chi connectivity index (χ1) is 8.02. The molecule has 0 atom stereocenters. The zero-order valence-electron chi connectivity index (χ0n) is 11.5. The van der Waals surface area contributed by atoms with Crippen molar-refractivity contribution in [3.8, 4) is 0 Å². The first kappa shape index (κ1) is 14.9. The molecule has 0 bridgehead atoms. The monoisotopic (exact) mass is 260 g/mol. The molecule has 0 radical (unpaired) electrons. The average Bonchev–Trinajstić information content (AvgIpc) is 2.13. The molecule has 0 aliphatic carbocycles. The van der Waals surface area contributed by atoms with Crippen molar-refractivity contribution >= 4 is 19.2 Å². The van der Waals surface area contributed by atoms with Crippen molar-refractivity contribution in [1.29, 1.82) is 0 Å². The van der Waals surface area contributed by atoms with Gasteiger partial charge in [0.15, 0.2) is 0 Å². The maximum absolute atomic E-state index is 2.29. The van der Waals surface area contributed by atoms with Crippen LogP contribution in [0.25, 0.3) is 0 Å². The fourth-order valence-electron chi connectivity index (χ4n) is 2.26. The Balaban J connectivity index is 0.00000162. The molecule has 2 N–H and O–H groups in total. The molecule has 1 nitrogen and oxygen atoms in total. The molecule has 2 heteroatoms. The van der Waals surface area contributed by atoms with Gasteiger partial charge in [-0.1, -0.05) is 67.2 Å². The summed E-state index contributed by atoms with van der Waals surface area (Å²) in [6.45, 7) is 8.68. The zero-order chi connectivity index (χ0) is 12.4. The van der Waals surface area contributed by atoms with Crippen LogP contribution in [0, 0.1) is 27.7 Å². The first-order valence-corrected chi connectivity index (χ1v) is 6.96. The van der Waals surface area contributed by atoms with Crippen LogP contribution >= 0.6 is 8.58 Å². The van der Waals surface area contributed by atoms with E-state index in [1.165, 1.54) is 32.9 Å². The summed E-state index contributed by atoms with van der Waals surface area (Å²) >= 11 is 0. The molecule has 2 rings (SSSR count). The van der Waals surface area contributed by atoms with Gasteiger partial charge in [-0.15, -0.1) is 0 Å². The number of benzene rings is 2. The van der Waals surface area contributed by atoms with Gasteiger partial charge < -0.3 is 5.48 Å². The van der Waals surface area contributed by atoms with Crippen molar-refractivity contribution in [3.05, 3.63) is 58.7 Å². The molecule has 2 aromatic rings. The fraction of sp³-hybridized carbons (Fsp3) is 0.250. The minimum absolute atomic E-state index is 0. The third-order valence-corrected chi connectivity index (χ3v) is 3.89. The van der Waals surface area contributed by atoms with E-state index in [1.807, 2.05) is 0 Å². The van der Waals surface area contributed by atoms with E-state index in [0.29, 0.717) is 0 Å². The zero-order valence-corrected chi connectivity index (χ0v) is 12.5. The van der Waals surface area contributed by atoms with E-state index in [9.17, 15) is 0 Å². The highest BCUT2D eigenvalue weighted by Crippen LogP contribution is 2.15. The molecule has 2 aromatic carbocycles. The largest absolute Gasteiger partial charge is 0.412 e. The lowest BCUT2D eigenvalue weighted by Gasteiger charge is -2.07. The Morgan fingerprint density at radius 3 is 1.11 bits per heavy atom. The topological polar surface area (TPSA) is 31.5 Å². The van der Waals surface area contributed by atoms with Crippen LogP contribution in [0.5, 0.6) is 0 Å². The molecule has 18 heavy (non-hydrogen) atoms. The van der Waals surface area contributed by atoms with Gasteiger partial charge in [0, 0.05) is 0 Å². The minimum atomic E-state index is 0. The summed E-state index contributed by atoms with van der Waals surface area (Å²) in [7, 11) is 0.762. The highest BCUT2D eigenvalue weighted by atomic mass is 31.1. The van der Waals surface area contributed by atoms with Crippen LogP contribution in [-0.4, -0.2) is 5.48 Å². The second-order valence-corrected chi connectivity index (χ2v) is 6.28. The van der Waals surface area contributed by atoms with Crippen molar-refractivity contribution in [2.24, 2.45) is 0 Å². The van der Waals surface area contributed by atoms with Crippen LogP contribution < -0.4 is 10.6 Å². The van der Waals surface area contributed by atoms with Gasteiger partial charge in [0.05, 0.1) is 0 Å². The van der Waals surface area contributed by atoms with Gasteiger partial charge in [0.2, 0.25) is 0 Å². The van der Waals surface area contributed by atoms with Crippen LogP contribution in [0.15, 0.2) is 36.4 Å². The Morgan fingerprint density at radius 2 is 0.833 bits per heavy atom. The lowest BCUT2D eigenvalue weighted by atomic mass is 10.2. The molecule has 0 heterocycles. The van der Waals surface area contributed by atoms with Gasteiger partial charge in [-0.2, -0.15) is 0 Å². The third-order valence-electron chi connectivity index (χ3n) is 2.73. The van der Waals surface area contributed by atoms with E-state index in [4.69, 9.17) is 0 Å². The summed E-state index contributed by atoms with van der Waals surface area (Å²) in [4.78, 5) is 0. The summed E-state index contributed by atoms with van der Waals surface area (Å²) in [6, 6.07) is 13.6. The smallest absolute Gasteiger partial charge is 0.0221 e. The van der Waals surface area contributed by atoms with Crippen LogP contribution in [0.1, 0.15) is 22.3 Å². The predicted molar refractivity (Wildman–Crippen MR) is 83.0 cm³/mol. The number of rotatable bonds is 2. The summed E-state index contributed by atoms with van der Waals surface area (Å²) in [5, 5.41) is 2.88. The van der Waals surface area contributed by atoms with E-state index < -0.39 is 0 Å². The molecule has 0 aliphatic rings. The lowest BCUT2D eigenvalue weighted by Crippen LogP contribution is -2.05. The van der Waals surface area contributed by atoms with Gasteiger partial charge in [-0.05, 0) is 38.3 Å². The quantitative estimate of drug-likeness (QED) is 0.744. The second kappa shape index (κ2) is 6.13. The molecule has 0 spiro atoms. The number of hydrogen-bond acceptors (Lipinski definition) is 0. The highest BCUT2D eigenvalue weighted by molar-refractivity contribution is 7.55. The molecular weight excluding hydrogens is 239 g/mol. The van der Waals surface area contributed by atoms with Crippen molar-refractivity contribution in [1.82, 2.24) is 0 Å². The molecule has 0 saturated carbocycles. The maximum Gasteiger partial charge on any atom is -0.0221 e. The van der Waals surface area contributed by atoms with Crippen LogP contribution in [0.4, 0.5) is 0 Å². The first-order valence-electron chi connectivity index (χ1n) is 5.96. The Kier molecular flexibility index (Phi) is 5.07. The SMILES string of the molecule is Cc1cc(C)cc(Pc2cc(C)cc(C)c2)c1.O. The van der Waals surface area contributed by atoms with E-state index >= 15 is 0 Å². The molecule has 0 aliphatic heterocycles. The highest BCUT2D eigenvalue weighted by Gasteiger charge is 2.00. The Hall–Kier alpha value is -1.17. The summed E-state index contributed by atoms with van der Waals surface area (Å²) in [5.74, 6) is 0. The molecule has 0 aromatic heterocycles. The van der Waals surface area contributed by atoms with Gasteiger partial charge in [0.25, 0.3) is 0 Å². The van der Waals surface area contributed by atoms with Crippen LogP contribution in [0.3, 0.4) is 0 Å². The Bertz CT molecular complexity index is 457. The average molecular weight is 260 g/mol. The van der Waals surface area contributed by atoms with Crippen LogP contribution in [-0.2, 0) is 0 Å². The normalized spacial score (nSPS) is 10.0. The summed E-state index contributed by atoms with van der Waals surface area (Å²) < 4.78 is 0. The van der Waals surface area contributed by atoms with Crippen molar-refractivity contribution in [2.45, 2.75) is 27.7 Å². The Morgan fingerprint density at radius 1 is 0.556 bits per heavy atom.